The third kappa shape index (κ3) is 3.50. The van der Waals surface area contributed by atoms with Crippen LogP contribution in [0, 0.1) is 0 Å². The molecule has 0 fully saturated rings. The van der Waals surface area contributed by atoms with Gasteiger partial charge in [0.2, 0.25) is 10.0 Å². The Bertz CT molecular complexity index is 1090. The maximum atomic E-state index is 12.8. The van der Waals surface area contributed by atoms with Crippen molar-refractivity contribution in [3.63, 3.8) is 0 Å². The number of hydrogen-bond acceptors (Lipinski definition) is 4. The number of phenols is 1. The molecule has 6 nitrogen and oxygen atoms in total. The predicted octanol–water partition coefficient (Wildman–Crippen LogP) is 3.38. The molecule has 0 aromatic heterocycles. The van der Waals surface area contributed by atoms with E-state index in [0.29, 0.717) is 10.6 Å². The minimum atomic E-state index is -4.03. The number of aromatic hydroxyl groups is 1. The van der Waals surface area contributed by atoms with E-state index in [2.05, 4.69) is 4.72 Å². The van der Waals surface area contributed by atoms with Gasteiger partial charge < -0.3 is 10.2 Å². The van der Waals surface area contributed by atoms with E-state index >= 15 is 0 Å². The lowest BCUT2D eigenvalue weighted by molar-refractivity contribution is 0.0694. The number of hydrogen-bond donors (Lipinski definition) is 3. The summed E-state index contributed by atoms with van der Waals surface area (Å²) in [6.07, 6.45) is 0. The van der Waals surface area contributed by atoms with Gasteiger partial charge in [-0.3, -0.25) is 0 Å². The van der Waals surface area contributed by atoms with Gasteiger partial charge in [0.05, 0.1) is 4.90 Å². The Kier molecular flexibility index (Phi) is 4.86. The second-order valence-electron chi connectivity index (χ2n) is 5.57. The summed E-state index contributed by atoms with van der Waals surface area (Å²) in [6, 6.07) is 13.8. The molecular formula is C18H14ClNO5S. The highest BCUT2D eigenvalue weighted by Crippen LogP contribution is 2.34. The van der Waals surface area contributed by atoms with Crippen molar-refractivity contribution in [2.75, 3.05) is 0 Å². The van der Waals surface area contributed by atoms with Crippen LogP contribution in [0.4, 0.5) is 0 Å². The average molecular weight is 392 g/mol. The Morgan fingerprint density at radius 1 is 1.04 bits per heavy atom. The van der Waals surface area contributed by atoms with Crippen molar-refractivity contribution >= 4 is 38.4 Å². The zero-order chi connectivity index (χ0) is 18.9. The second kappa shape index (κ2) is 6.95. The van der Waals surface area contributed by atoms with Crippen LogP contribution in [-0.4, -0.2) is 24.6 Å². The predicted molar refractivity (Wildman–Crippen MR) is 98.0 cm³/mol. The Labute approximate surface area is 154 Å². The van der Waals surface area contributed by atoms with E-state index in [-0.39, 0.29) is 22.2 Å². The summed E-state index contributed by atoms with van der Waals surface area (Å²) in [7, 11) is -4.03. The summed E-state index contributed by atoms with van der Waals surface area (Å²) in [5.41, 5.74) is 0.218. The minimum Gasteiger partial charge on any atom is -0.506 e. The number of halogens is 1. The summed E-state index contributed by atoms with van der Waals surface area (Å²) < 4.78 is 28.0. The minimum absolute atomic E-state index is 0.0110. The average Bonchev–Trinajstić information content (AvgIpc) is 2.61. The molecule has 0 radical (unpaired) electrons. The summed E-state index contributed by atoms with van der Waals surface area (Å²) in [5.74, 6) is -1.88. The van der Waals surface area contributed by atoms with E-state index in [4.69, 9.17) is 11.6 Å². The molecule has 3 aromatic rings. The van der Waals surface area contributed by atoms with Crippen molar-refractivity contribution < 1.29 is 23.4 Å². The summed E-state index contributed by atoms with van der Waals surface area (Å²) in [6.45, 7) is 0.0110. The SMILES string of the molecule is O=C(O)c1cc(S(=O)(=O)NCc2ccc(Cl)cc2)c2ccccc2c1O. The number of carboxylic acids is 1. The monoisotopic (exact) mass is 391 g/mol. The quantitative estimate of drug-likeness (QED) is 0.618. The topological polar surface area (TPSA) is 104 Å². The van der Waals surface area contributed by atoms with E-state index in [9.17, 15) is 23.4 Å². The molecule has 0 aliphatic carbocycles. The number of sulfonamides is 1. The van der Waals surface area contributed by atoms with Crippen molar-refractivity contribution in [2.24, 2.45) is 0 Å². The van der Waals surface area contributed by atoms with Gasteiger partial charge in [0.15, 0.2) is 0 Å². The van der Waals surface area contributed by atoms with E-state index in [1.165, 1.54) is 12.1 Å². The van der Waals surface area contributed by atoms with E-state index in [1.807, 2.05) is 0 Å². The van der Waals surface area contributed by atoms with E-state index < -0.39 is 27.3 Å². The van der Waals surface area contributed by atoms with Gasteiger partial charge in [0.1, 0.15) is 11.3 Å². The first-order valence-corrected chi connectivity index (χ1v) is 9.38. The molecule has 0 bridgehead atoms. The molecular weight excluding hydrogens is 378 g/mol. The molecule has 0 unspecified atom stereocenters. The van der Waals surface area contributed by atoms with Crippen molar-refractivity contribution in [1.29, 1.82) is 0 Å². The molecule has 0 spiro atoms. The molecule has 0 aliphatic heterocycles. The van der Waals surface area contributed by atoms with Crippen molar-refractivity contribution in [2.45, 2.75) is 11.4 Å². The van der Waals surface area contributed by atoms with Gasteiger partial charge in [-0.15, -0.1) is 0 Å². The van der Waals surface area contributed by atoms with Crippen LogP contribution in [0.2, 0.25) is 5.02 Å². The standard InChI is InChI=1S/C18H14ClNO5S/c19-12-7-5-11(6-8-12)10-20-26(24,25)16-9-15(18(22)23)17(21)14-4-2-1-3-13(14)16/h1-9,20-21H,10H2,(H,22,23). The van der Waals surface area contributed by atoms with Crippen LogP contribution in [0.15, 0.2) is 59.5 Å². The fraction of sp³-hybridized carbons (Fsp3) is 0.0556. The summed E-state index contributed by atoms with van der Waals surface area (Å²) >= 11 is 5.81. The maximum Gasteiger partial charge on any atom is 0.339 e. The second-order valence-corrected chi connectivity index (χ2v) is 7.74. The molecule has 8 heteroatoms. The molecule has 0 saturated carbocycles. The maximum absolute atomic E-state index is 12.8. The molecule has 26 heavy (non-hydrogen) atoms. The van der Waals surface area contributed by atoms with Gasteiger partial charge in [0, 0.05) is 22.3 Å². The number of carboxylic acid groups (broad SMARTS) is 1. The fourth-order valence-electron chi connectivity index (χ4n) is 2.57. The lowest BCUT2D eigenvalue weighted by Gasteiger charge is -2.12. The van der Waals surface area contributed by atoms with Crippen molar-refractivity contribution in [3.8, 4) is 5.75 Å². The Morgan fingerprint density at radius 2 is 1.65 bits per heavy atom. The van der Waals surface area contributed by atoms with Crippen LogP contribution in [0.25, 0.3) is 10.8 Å². The van der Waals surface area contributed by atoms with Gasteiger partial charge >= 0.3 is 5.97 Å². The first-order valence-electron chi connectivity index (χ1n) is 7.52. The van der Waals surface area contributed by atoms with Crippen LogP contribution in [-0.2, 0) is 16.6 Å². The zero-order valence-electron chi connectivity index (χ0n) is 13.3. The van der Waals surface area contributed by atoms with Crippen LogP contribution in [0.3, 0.4) is 0 Å². The molecule has 0 aliphatic rings. The van der Waals surface area contributed by atoms with Gasteiger partial charge in [-0.1, -0.05) is 48.0 Å². The Hall–Kier alpha value is -2.61. The van der Waals surface area contributed by atoms with Crippen molar-refractivity contribution in [3.05, 3.63) is 70.7 Å². The molecule has 0 heterocycles. The molecule has 3 rings (SSSR count). The highest BCUT2D eigenvalue weighted by Gasteiger charge is 2.23. The van der Waals surface area contributed by atoms with E-state index in [1.54, 1.807) is 36.4 Å². The number of nitrogens with one attached hydrogen (secondary N) is 1. The van der Waals surface area contributed by atoms with Crippen LogP contribution in [0.5, 0.6) is 5.75 Å². The first-order chi connectivity index (χ1) is 12.3. The highest BCUT2D eigenvalue weighted by molar-refractivity contribution is 7.89. The molecule has 134 valence electrons. The largest absolute Gasteiger partial charge is 0.506 e. The molecule has 0 amide bonds. The smallest absolute Gasteiger partial charge is 0.339 e. The number of aromatic carboxylic acids is 1. The van der Waals surface area contributed by atoms with Gasteiger partial charge in [-0.2, -0.15) is 0 Å². The highest BCUT2D eigenvalue weighted by atomic mass is 35.5. The van der Waals surface area contributed by atoms with Gasteiger partial charge in [-0.25, -0.2) is 17.9 Å². The van der Waals surface area contributed by atoms with Gasteiger partial charge in [-0.05, 0) is 23.8 Å². The fourth-order valence-corrected chi connectivity index (χ4v) is 3.95. The number of carbonyl (C=O) groups is 1. The molecule has 3 aromatic carbocycles. The lowest BCUT2D eigenvalue weighted by Crippen LogP contribution is -2.24. The van der Waals surface area contributed by atoms with Gasteiger partial charge in [0.25, 0.3) is 0 Å². The third-order valence-electron chi connectivity index (χ3n) is 3.88. The molecule has 3 N–H and O–H groups in total. The van der Waals surface area contributed by atoms with Crippen LogP contribution >= 0.6 is 11.6 Å². The molecule has 0 saturated heterocycles. The Balaban J connectivity index is 2.06. The normalized spacial score (nSPS) is 11.6. The lowest BCUT2D eigenvalue weighted by atomic mass is 10.1. The Morgan fingerprint density at radius 3 is 2.27 bits per heavy atom. The summed E-state index contributed by atoms with van der Waals surface area (Å²) in [4.78, 5) is 11.2. The van der Waals surface area contributed by atoms with Crippen molar-refractivity contribution in [1.82, 2.24) is 4.72 Å². The number of fused-ring (bicyclic) bond motifs is 1. The molecule has 0 atom stereocenters. The summed E-state index contributed by atoms with van der Waals surface area (Å²) in [5, 5.41) is 20.3. The van der Waals surface area contributed by atoms with Crippen LogP contribution in [0.1, 0.15) is 15.9 Å². The zero-order valence-corrected chi connectivity index (χ0v) is 14.9. The van der Waals surface area contributed by atoms with Crippen LogP contribution < -0.4 is 4.72 Å². The third-order valence-corrected chi connectivity index (χ3v) is 5.57. The van der Waals surface area contributed by atoms with E-state index in [0.717, 1.165) is 6.07 Å². The number of benzene rings is 3. The first kappa shape index (κ1) is 18.2. The number of rotatable bonds is 5.